The molecule has 0 aliphatic carbocycles. The fraction of sp³-hybridized carbons (Fsp3) is 1.00. The maximum Gasteiger partial charge on any atom is 0.123 e. The van der Waals surface area contributed by atoms with Crippen LogP contribution in [-0.4, -0.2) is 54.1 Å². The zero-order valence-electron chi connectivity index (χ0n) is 8.33. The SMILES string of the molecule is CN(C)C(C)(C)C(O)NCCO. The number of aliphatic hydroxyl groups is 2. The molecule has 0 radical (unpaired) electrons. The van der Waals surface area contributed by atoms with Gasteiger partial charge in [0.1, 0.15) is 6.23 Å². The van der Waals surface area contributed by atoms with E-state index >= 15 is 0 Å². The number of likely N-dealkylation sites (N-methyl/N-ethyl adjacent to an activating group) is 1. The van der Waals surface area contributed by atoms with Crippen LogP contribution in [0.5, 0.6) is 0 Å². The van der Waals surface area contributed by atoms with Gasteiger partial charge in [-0.15, -0.1) is 0 Å². The quantitative estimate of drug-likeness (QED) is 0.481. The van der Waals surface area contributed by atoms with E-state index in [2.05, 4.69) is 5.32 Å². The zero-order chi connectivity index (χ0) is 9.78. The highest BCUT2D eigenvalue weighted by atomic mass is 16.3. The van der Waals surface area contributed by atoms with E-state index in [1.807, 2.05) is 32.8 Å². The molecule has 0 fully saturated rings. The molecule has 0 saturated heterocycles. The first-order chi connectivity index (χ1) is 5.42. The molecule has 12 heavy (non-hydrogen) atoms. The van der Waals surface area contributed by atoms with Crippen LogP contribution >= 0.6 is 0 Å². The Morgan fingerprint density at radius 3 is 2.25 bits per heavy atom. The number of rotatable bonds is 5. The lowest BCUT2D eigenvalue weighted by atomic mass is 10.0. The third-order valence-corrected chi connectivity index (χ3v) is 2.27. The lowest BCUT2D eigenvalue weighted by molar-refractivity contribution is -0.00679. The van der Waals surface area contributed by atoms with Crippen LogP contribution in [0.1, 0.15) is 13.8 Å². The van der Waals surface area contributed by atoms with Crippen LogP contribution in [-0.2, 0) is 0 Å². The van der Waals surface area contributed by atoms with Gasteiger partial charge in [-0.05, 0) is 27.9 Å². The Hall–Kier alpha value is -0.160. The van der Waals surface area contributed by atoms with Crippen LogP contribution in [0.25, 0.3) is 0 Å². The molecule has 0 aromatic carbocycles. The van der Waals surface area contributed by atoms with E-state index in [0.29, 0.717) is 6.54 Å². The maximum absolute atomic E-state index is 9.61. The molecule has 0 aromatic heterocycles. The molecule has 4 heteroatoms. The van der Waals surface area contributed by atoms with Gasteiger partial charge in [-0.25, -0.2) is 0 Å². The van der Waals surface area contributed by atoms with Gasteiger partial charge in [-0.2, -0.15) is 0 Å². The molecule has 4 nitrogen and oxygen atoms in total. The van der Waals surface area contributed by atoms with E-state index < -0.39 is 6.23 Å². The molecule has 0 bridgehead atoms. The average molecular weight is 176 g/mol. The maximum atomic E-state index is 9.61. The molecule has 0 amide bonds. The minimum Gasteiger partial charge on any atom is -0.395 e. The lowest BCUT2D eigenvalue weighted by Crippen LogP contribution is -2.55. The van der Waals surface area contributed by atoms with E-state index in [9.17, 15) is 5.11 Å². The van der Waals surface area contributed by atoms with Gasteiger partial charge in [0.05, 0.1) is 12.1 Å². The summed E-state index contributed by atoms with van der Waals surface area (Å²) in [7, 11) is 3.81. The molecule has 3 N–H and O–H groups in total. The standard InChI is InChI=1S/C8H20N2O2/c1-8(2,10(3)4)7(12)9-5-6-11/h7,9,11-12H,5-6H2,1-4H3. The topological polar surface area (TPSA) is 55.7 Å². The summed E-state index contributed by atoms with van der Waals surface area (Å²) in [5, 5.41) is 21.0. The van der Waals surface area contributed by atoms with Gasteiger partial charge in [0.15, 0.2) is 0 Å². The Balaban J connectivity index is 3.97. The monoisotopic (exact) mass is 176 g/mol. The van der Waals surface area contributed by atoms with Crippen molar-refractivity contribution in [1.82, 2.24) is 10.2 Å². The lowest BCUT2D eigenvalue weighted by Gasteiger charge is -2.37. The van der Waals surface area contributed by atoms with Crippen LogP contribution in [0.4, 0.5) is 0 Å². The van der Waals surface area contributed by atoms with Crippen molar-refractivity contribution in [2.24, 2.45) is 0 Å². The Kier molecular flexibility index (Phi) is 4.70. The number of aliphatic hydroxyl groups excluding tert-OH is 2. The van der Waals surface area contributed by atoms with Gasteiger partial charge in [-0.1, -0.05) is 0 Å². The number of nitrogens with one attached hydrogen (secondary N) is 1. The third-order valence-electron chi connectivity index (χ3n) is 2.27. The van der Waals surface area contributed by atoms with Crippen LogP contribution in [0.2, 0.25) is 0 Å². The van der Waals surface area contributed by atoms with E-state index in [4.69, 9.17) is 5.11 Å². The highest BCUT2D eigenvalue weighted by Crippen LogP contribution is 2.13. The Morgan fingerprint density at radius 1 is 1.42 bits per heavy atom. The first kappa shape index (κ1) is 11.8. The third kappa shape index (κ3) is 3.06. The molecular weight excluding hydrogens is 156 g/mol. The normalized spacial score (nSPS) is 15.2. The molecule has 0 aliphatic rings. The van der Waals surface area contributed by atoms with Gasteiger partial charge in [0.25, 0.3) is 0 Å². The second kappa shape index (κ2) is 4.77. The van der Waals surface area contributed by atoms with Crippen molar-refractivity contribution in [3.63, 3.8) is 0 Å². The summed E-state index contributed by atoms with van der Waals surface area (Å²) in [5.41, 5.74) is -0.324. The largest absolute Gasteiger partial charge is 0.395 e. The van der Waals surface area contributed by atoms with Crippen LogP contribution < -0.4 is 5.32 Å². The highest BCUT2D eigenvalue weighted by molar-refractivity contribution is 4.83. The molecule has 0 aliphatic heterocycles. The van der Waals surface area contributed by atoms with E-state index in [-0.39, 0.29) is 12.1 Å². The molecule has 1 atom stereocenters. The van der Waals surface area contributed by atoms with Gasteiger partial charge in [-0.3, -0.25) is 5.32 Å². The zero-order valence-corrected chi connectivity index (χ0v) is 8.33. The molecular formula is C8H20N2O2. The molecule has 74 valence electrons. The first-order valence-electron chi connectivity index (χ1n) is 4.12. The summed E-state index contributed by atoms with van der Waals surface area (Å²) in [6, 6.07) is 0. The van der Waals surface area contributed by atoms with Crippen molar-refractivity contribution in [2.45, 2.75) is 25.6 Å². The summed E-state index contributed by atoms with van der Waals surface area (Å²) >= 11 is 0. The Labute approximate surface area is 74.2 Å². The van der Waals surface area contributed by atoms with Crippen molar-refractivity contribution in [1.29, 1.82) is 0 Å². The van der Waals surface area contributed by atoms with Crippen molar-refractivity contribution in [2.75, 3.05) is 27.2 Å². The van der Waals surface area contributed by atoms with Gasteiger partial charge >= 0.3 is 0 Å². The fourth-order valence-electron chi connectivity index (χ4n) is 0.696. The molecule has 0 heterocycles. The molecule has 1 unspecified atom stereocenters. The summed E-state index contributed by atoms with van der Waals surface area (Å²) in [4.78, 5) is 1.93. The van der Waals surface area contributed by atoms with Gasteiger partial charge < -0.3 is 15.1 Å². The Bertz CT molecular complexity index is 126. The second-order valence-electron chi connectivity index (χ2n) is 3.63. The van der Waals surface area contributed by atoms with Crippen molar-refractivity contribution in [3.8, 4) is 0 Å². The molecule has 0 saturated carbocycles. The number of hydrogen-bond donors (Lipinski definition) is 3. The van der Waals surface area contributed by atoms with Crippen molar-refractivity contribution < 1.29 is 10.2 Å². The van der Waals surface area contributed by atoms with Gasteiger partial charge in [0.2, 0.25) is 0 Å². The van der Waals surface area contributed by atoms with Gasteiger partial charge in [0, 0.05) is 6.54 Å². The molecule has 0 spiro atoms. The van der Waals surface area contributed by atoms with E-state index in [1.165, 1.54) is 0 Å². The smallest absolute Gasteiger partial charge is 0.123 e. The molecule has 0 aromatic rings. The summed E-state index contributed by atoms with van der Waals surface area (Å²) < 4.78 is 0. The predicted octanol–water partition coefficient (Wildman–Crippen LogP) is -0.773. The predicted molar refractivity (Wildman–Crippen MR) is 48.9 cm³/mol. The second-order valence-corrected chi connectivity index (χ2v) is 3.63. The average Bonchev–Trinajstić information content (AvgIpc) is 1.99. The van der Waals surface area contributed by atoms with Crippen LogP contribution in [0.15, 0.2) is 0 Å². The number of nitrogens with zero attached hydrogens (tertiary/aromatic N) is 1. The van der Waals surface area contributed by atoms with E-state index in [0.717, 1.165) is 0 Å². The minimum atomic E-state index is -0.625. The minimum absolute atomic E-state index is 0.0422. The summed E-state index contributed by atoms with van der Waals surface area (Å²) in [5.74, 6) is 0. The van der Waals surface area contributed by atoms with E-state index in [1.54, 1.807) is 0 Å². The summed E-state index contributed by atoms with van der Waals surface area (Å²) in [6.45, 7) is 4.32. The number of hydrogen-bond acceptors (Lipinski definition) is 4. The first-order valence-corrected chi connectivity index (χ1v) is 4.12. The van der Waals surface area contributed by atoms with Crippen molar-refractivity contribution in [3.05, 3.63) is 0 Å². The van der Waals surface area contributed by atoms with Crippen LogP contribution in [0.3, 0.4) is 0 Å². The Morgan fingerprint density at radius 2 is 1.92 bits per heavy atom. The molecule has 0 rings (SSSR count). The summed E-state index contributed by atoms with van der Waals surface area (Å²) in [6.07, 6.45) is -0.625. The highest BCUT2D eigenvalue weighted by Gasteiger charge is 2.29. The van der Waals surface area contributed by atoms with Crippen molar-refractivity contribution >= 4 is 0 Å². The fourth-order valence-corrected chi connectivity index (χ4v) is 0.696. The van der Waals surface area contributed by atoms with Crippen LogP contribution in [0, 0.1) is 0 Å².